The summed E-state index contributed by atoms with van der Waals surface area (Å²) >= 11 is 1.24. The number of nitrogens with one attached hydrogen (secondary N) is 1. The number of para-hydroxylation sites is 1. The Labute approximate surface area is 195 Å². The number of aromatic nitrogens is 4. The van der Waals surface area contributed by atoms with Crippen LogP contribution in [-0.4, -0.2) is 30.8 Å². The number of fused-ring (bicyclic) bond motifs is 4. The van der Waals surface area contributed by atoms with E-state index in [-0.39, 0.29) is 22.6 Å². The molecule has 0 aliphatic heterocycles. The van der Waals surface area contributed by atoms with Gasteiger partial charge >= 0.3 is 0 Å². The van der Waals surface area contributed by atoms with Crippen LogP contribution in [0.5, 0.6) is 0 Å². The molecule has 2 heterocycles. The van der Waals surface area contributed by atoms with Crippen LogP contribution in [0.3, 0.4) is 0 Å². The summed E-state index contributed by atoms with van der Waals surface area (Å²) in [5.74, 6) is 0.453. The number of rotatable bonds is 5. The summed E-state index contributed by atoms with van der Waals surface area (Å²) in [7, 11) is 1.77. The zero-order valence-electron chi connectivity index (χ0n) is 18.8. The number of benzene rings is 2. The number of carbonyl (C=O) groups is 1. The minimum Gasteiger partial charge on any atom is -0.325 e. The average molecular weight is 460 g/mol. The van der Waals surface area contributed by atoms with Crippen LogP contribution >= 0.6 is 11.8 Å². The molecule has 4 aromatic rings. The molecule has 0 saturated carbocycles. The number of hydrogen-bond donors (Lipinski definition) is 1. The molecule has 1 atom stereocenters. The predicted molar refractivity (Wildman–Crippen MR) is 131 cm³/mol. The second-order valence-corrected chi connectivity index (χ2v) is 9.58. The third kappa shape index (κ3) is 3.64. The summed E-state index contributed by atoms with van der Waals surface area (Å²) in [6.45, 7) is 4.24. The highest BCUT2D eigenvalue weighted by molar-refractivity contribution is 7.99. The molecule has 1 aliphatic rings. The lowest BCUT2D eigenvalue weighted by Crippen LogP contribution is -2.37. The fourth-order valence-electron chi connectivity index (χ4n) is 4.51. The van der Waals surface area contributed by atoms with Crippen molar-refractivity contribution in [2.75, 3.05) is 11.1 Å². The van der Waals surface area contributed by atoms with Gasteiger partial charge in [-0.3, -0.25) is 9.59 Å². The molecular weight excluding hydrogens is 434 g/mol. The van der Waals surface area contributed by atoms with Gasteiger partial charge in [0.2, 0.25) is 11.7 Å². The molecule has 33 heavy (non-hydrogen) atoms. The second-order valence-electron chi connectivity index (χ2n) is 8.63. The minimum atomic E-state index is -0.322. The van der Waals surface area contributed by atoms with Crippen molar-refractivity contribution in [2.45, 2.75) is 37.3 Å². The standard InChI is InChI=1S/C25H25N5O2S/c1-4-25(2)14-16-10-8-9-13-18(16)21-20(25)22(32)30-23(27-21)29(3)28-24(30)33-15-19(31)26-17-11-6-5-7-12-17/h5-13H,4,14-15H2,1-3H3,(H,26,31). The van der Waals surface area contributed by atoms with Gasteiger partial charge in [-0.05, 0) is 30.5 Å². The van der Waals surface area contributed by atoms with E-state index in [0.717, 1.165) is 35.3 Å². The lowest BCUT2D eigenvalue weighted by atomic mass is 9.69. The Morgan fingerprint density at radius 1 is 1.15 bits per heavy atom. The normalized spacial score (nSPS) is 16.9. The highest BCUT2D eigenvalue weighted by Gasteiger charge is 2.38. The van der Waals surface area contributed by atoms with E-state index in [9.17, 15) is 9.59 Å². The zero-order valence-corrected chi connectivity index (χ0v) is 19.6. The average Bonchev–Trinajstić information content (AvgIpc) is 3.14. The van der Waals surface area contributed by atoms with E-state index in [2.05, 4.69) is 30.3 Å². The molecule has 1 N–H and O–H groups in total. The topological polar surface area (TPSA) is 81.3 Å². The highest BCUT2D eigenvalue weighted by atomic mass is 32.2. The molecule has 2 aromatic heterocycles. The third-order valence-corrected chi connectivity index (χ3v) is 7.34. The molecule has 0 saturated heterocycles. The fraction of sp³-hybridized carbons (Fsp3) is 0.280. The third-order valence-electron chi connectivity index (χ3n) is 6.41. The molecule has 2 aromatic carbocycles. The zero-order chi connectivity index (χ0) is 23.2. The first-order chi connectivity index (χ1) is 15.9. The van der Waals surface area contributed by atoms with Crippen LogP contribution < -0.4 is 10.9 Å². The van der Waals surface area contributed by atoms with Crippen molar-refractivity contribution in [1.82, 2.24) is 19.2 Å². The molecule has 0 radical (unpaired) electrons. The number of amides is 1. The monoisotopic (exact) mass is 459 g/mol. The van der Waals surface area contributed by atoms with Crippen LogP contribution in [0.15, 0.2) is 64.5 Å². The summed E-state index contributed by atoms with van der Waals surface area (Å²) in [6.07, 6.45) is 1.61. The Hall–Kier alpha value is -3.39. The molecule has 7 nitrogen and oxygen atoms in total. The first kappa shape index (κ1) is 21.5. The minimum absolute atomic E-state index is 0.104. The van der Waals surface area contributed by atoms with Crippen molar-refractivity contribution >= 4 is 29.1 Å². The lowest BCUT2D eigenvalue weighted by Gasteiger charge is -2.34. The van der Waals surface area contributed by atoms with Crippen LogP contribution in [0.25, 0.3) is 17.0 Å². The maximum atomic E-state index is 13.9. The van der Waals surface area contributed by atoms with Gasteiger partial charge in [0, 0.05) is 23.7 Å². The summed E-state index contributed by atoms with van der Waals surface area (Å²) < 4.78 is 3.17. The number of aryl methyl sites for hydroxylation is 1. The van der Waals surface area contributed by atoms with Gasteiger partial charge in [0.05, 0.1) is 17.0 Å². The van der Waals surface area contributed by atoms with Gasteiger partial charge in [-0.1, -0.05) is 68.1 Å². The Bertz CT molecular complexity index is 1430. The smallest absolute Gasteiger partial charge is 0.265 e. The number of hydrogen-bond acceptors (Lipinski definition) is 5. The molecule has 0 bridgehead atoms. The van der Waals surface area contributed by atoms with E-state index >= 15 is 0 Å². The van der Waals surface area contributed by atoms with E-state index in [1.807, 2.05) is 48.5 Å². The first-order valence-corrected chi connectivity index (χ1v) is 12.0. The van der Waals surface area contributed by atoms with Crippen molar-refractivity contribution in [1.29, 1.82) is 0 Å². The van der Waals surface area contributed by atoms with E-state index in [1.54, 1.807) is 16.1 Å². The Kier molecular flexibility index (Phi) is 5.32. The summed E-state index contributed by atoms with van der Waals surface area (Å²) in [6, 6.07) is 17.5. The number of nitrogens with zero attached hydrogens (tertiary/aromatic N) is 4. The van der Waals surface area contributed by atoms with Crippen molar-refractivity contribution in [3.8, 4) is 11.3 Å². The Morgan fingerprint density at radius 2 is 1.88 bits per heavy atom. The summed E-state index contributed by atoms with van der Waals surface area (Å²) in [4.78, 5) is 31.3. The Morgan fingerprint density at radius 3 is 2.64 bits per heavy atom. The molecule has 168 valence electrons. The van der Waals surface area contributed by atoms with Gasteiger partial charge in [0.25, 0.3) is 5.56 Å². The maximum Gasteiger partial charge on any atom is 0.265 e. The van der Waals surface area contributed by atoms with E-state index in [1.165, 1.54) is 17.3 Å². The SMILES string of the molecule is CCC1(C)Cc2ccccc2-c2nc3n(C)nc(SCC(=O)Nc4ccccc4)n3c(=O)c21. The molecule has 1 unspecified atom stereocenters. The second kappa shape index (κ2) is 8.19. The maximum absolute atomic E-state index is 13.9. The van der Waals surface area contributed by atoms with Crippen molar-refractivity contribution in [3.05, 3.63) is 76.1 Å². The van der Waals surface area contributed by atoms with Crippen molar-refractivity contribution < 1.29 is 4.79 Å². The predicted octanol–water partition coefficient (Wildman–Crippen LogP) is 4.05. The number of thioether (sulfide) groups is 1. The van der Waals surface area contributed by atoms with Gasteiger partial charge in [0.15, 0.2) is 5.16 Å². The summed E-state index contributed by atoms with van der Waals surface area (Å²) in [5, 5.41) is 7.86. The fourth-order valence-corrected chi connectivity index (χ4v) is 5.32. The highest BCUT2D eigenvalue weighted by Crippen LogP contribution is 2.42. The van der Waals surface area contributed by atoms with Gasteiger partial charge in [-0.2, -0.15) is 0 Å². The van der Waals surface area contributed by atoms with Gasteiger partial charge < -0.3 is 5.32 Å². The van der Waals surface area contributed by atoms with E-state index < -0.39 is 0 Å². The first-order valence-electron chi connectivity index (χ1n) is 11.0. The van der Waals surface area contributed by atoms with Crippen LogP contribution in [0.4, 0.5) is 5.69 Å². The number of carbonyl (C=O) groups excluding carboxylic acids is 1. The summed E-state index contributed by atoms with van der Waals surface area (Å²) in [5.41, 5.74) is 4.00. The molecule has 1 aliphatic carbocycles. The molecular formula is C25H25N5O2S. The molecule has 1 amide bonds. The van der Waals surface area contributed by atoms with Gasteiger partial charge in [0.1, 0.15) is 0 Å². The Balaban J connectivity index is 1.56. The van der Waals surface area contributed by atoms with Crippen molar-refractivity contribution in [2.24, 2.45) is 7.05 Å². The lowest BCUT2D eigenvalue weighted by molar-refractivity contribution is -0.113. The molecule has 8 heteroatoms. The van der Waals surface area contributed by atoms with Crippen LogP contribution in [0.1, 0.15) is 31.4 Å². The molecule has 5 rings (SSSR count). The molecule has 0 fully saturated rings. The quantitative estimate of drug-likeness (QED) is 0.456. The van der Waals surface area contributed by atoms with Gasteiger partial charge in [-0.25, -0.2) is 14.1 Å². The van der Waals surface area contributed by atoms with Crippen LogP contribution in [-0.2, 0) is 23.7 Å². The van der Waals surface area contributed by atoms with Crippen molar-refractivity contribution in [3.63, 3.8) is 0 Å². The molecule has 0 spiro atoms. The largest absolute Gasteiger partial charge is 0.325 e. The van der Waals surface area contributed by atoms with E-state index in [0.29, 0.717) is 10.9 Å². The van der Waals surface area contributed by atoms with Crippen LogP contribution in [0.2, 0.25) is 0 Å². The number of anilines is 1. The van der Waals surface area contributed by atoms with Crippen LogP contribution in [0, 0.1) is 0 Å². The van der Waals surface area contributed by atoms with E-state index in [4.69, 9.17) is 4.98 Å². The van der Waals surface area contributed by atoms with Gasteiger partial charge in [-0.15, -0.1) is 5.10 Å².